The average molecular weight is 298 g/mol. The van der Waals surface area contributed by atoms with E-state index in [1.807, 2.05) is 6.92 Å². The van der Waals surface area contributed by atoms with Crippen molar-refractivity contribution >= 4 is 17.8 Å². The summed E-state index contributed by atoms with van der Waals surface area (Å²) in [5.41, 5.74) is -1.24. The molecule has 0 radical (unpaired) electrons. The van der Waals surface area contributed by atoms with Gasteiger partial charge in [0.1, 0.15) is 5.54 Å². The van der Waals surface area contributed by atoms with Gasteiger partial charge >= 0.3 is 5.97 Å². The Morgan fingerprint density at radius 1 is 1.33 bits per heavy atom. The quantitative estimate of drug-likeness (QED) is 0.831. The van der Waals surface area contributed by atoms with Gasteiger partial charge in [0, 0.05) is 26.6 Å². The first-order chi connectivity index (χ1) is 9.71. The number of nitrogens with zero attached hydrogens (tertiary/aromatic N) is 2. The van der Waals surface area contributed by atoms with Crippen LogP contribution in [0.15, 0.2) is 0 Å². The fourth-order valence-corrected chi connectivity index (χ4v) is 2.47. The molecule has 0 spiro atoms. The lowest BCUT2D eigenvalue weighted by Crippen LogP contribution is -2.55. The highest BCUT2D eigenvalue weighted by Gasteiger charge is 2.39. The van der Waals surface area contributed by atoms with Gasteiger partial charge < -0.3 is 14.9 Å². The minimum Gasteiger partial charge on any atom is -0.480 e. The molecule has 1 aliphatic heterocycles. The predicted molar refractivity (Wildman–Crippen MR) is 78.7 cm³/mol. The van der Waals surface area contributed by atoms with Crippen LogP contribution in [0.25, 0.3) is 0 Å². The zero-order valence-electron chi connectivity index (χ0n) is 13.4. The Kier molecular flexibility index (Phi) is 5.75. The molecule has 0 aliphatic carbocycles. The monoisotopic (exact) mass is 298 g/mol. The van der Waals surface area contributed by atoms with Gasteiger partial charge in [-0.15, -0.1) is 0 Å². The van der Waals surface area contributed by atoms with Gasteiger partial charge in [0.05, 0.1) is 5.92 Å². The van der Waals surface area contributed by atoms with Crippen LogP contribution in [0.2, 0.25) is 0 Å². The molecule has 0 aromatic carbocycles. The maximum atomic E-state index is 12.5. The van der Waals surface area contributed by atoms with Gasteiger partial charge in [-0.2, -0.15) is 0 Å². The van der Waals surface area contributed by atoms with E-state index in [1.165, 1.54) is 25.8 Å². The lowest BCUT2D eigenvalue weighted by atomic mass is 9.93. The molecule has 2 amide bonds. The number of likely N-dealkylation sites (tertiary alicyclic amines) is 1. The third-order valence-corrected chi connectivity index (χ3v) is 4.28. The van der Waals surface area contributed by atoms with Crippen LogP contribution >= 0.6 is 0 Å². The first kappa shape index (κ1) is 17.5. The summed E-state index contributed by atoms with van der Waals surface area (Å²) in [6, 6.07) is 0. The number of carboxylic acids is 1. The molecule has 1 heterocycles. The van der Waals surface area contributed by atoms with Crippen LogP contribution in [0.1, 0.15) is 46.5 Å². The van der Waals surface area contributed by atoms with Crippen molar-refractivity contribution in [2.75, 3.05) is 20.1 Å². The van der Waals surface area contributed by atoms with Gasteiger partial charge in [0.25, 0.3) is 0 Å². The zero-order valence-corrected chi connectivity index (χ0v) is 13.4. The molecule has 21 heavy (non-hydrogen) atoms. The van der Waals surface area contributed by atoms with E-state index < -0.39 is 11.5 Å². The van der Waals surface area contributed by atoms with E-state index in [4.69, 9.17) is 0 Å². The van der Waals surface area contributed by atoms with Gasteiger partial charge in [0.15, 0.2) is 0 Å². The van der Waals surface area contributed by atoms with Crippen molar-refractivity contribution in [1.29, 1.82) is 0 Å². The molecule has 6 nitrogen and oxygen atoms in total. The van der Waals surface area contributed by atoms with Gasteiger partial charge in [-0.25, -0.2) is 4.79 Å². The van der Waals surface area contributed by atoms with Gasteiger partial charge in [-0.3, -0.25) is 9.59 Å². The number of piperidine rings is 1. The summed E-state index contributed by atoms with van der Waals surface area (Å²) in [5, 5.41) is 9.21. The van der Waals surface area contributed by atoms with E-state index in [0.29, 0.717) is 25.9 Å². The third-order valence-electron chi connectivity index (χ3n) is 4.28. The van der Waals surface area contributed by atoms with Crippen LogP contribution in [0.4, 0.5) is 0 Å². The molecule has 0 saturated carbocycles. The molecule has 6 heteroatoms. The number of rotatable bonds is 5. The average Bonchev–Trinajstić information content (AvgIpc) is 2.45. The molecule has 1 unspecified atom stereocenters. The van der Waals surface area contributed by atoms with Crippen molar-refractivity contribution in [3.05, 3.63) is 0 Å². The smallest absolute Gasteiger partial charge is 0.329 e. The second-order valence-electron chi connectivity index (χ2n) is 6.19. The Hall–Kier alpha value is -1.59. The standard InChI is InChI=1S/C15H26N2O4/c1-5-7-12(18)17-9-6-8-11(10-17)13(19)16(4)15(2,3)14(20)21/h11H,5-10H2,1-4H3,(H,20,21). The van der Waals surface area contributed by atoms with Crippen LogP contribution in [0.5, 0.6) is 0 Å². The molecule has 1 saturated heterocycles. The van der Waals surface area contributed by atoms with Crippen molar-refractivity contribution in [2.45, 2.75) is 52.0 Å². The van der Waals surface area contributed by atoms with Crippen LogP contribution in [-0.2, 0) is 14.4 Å². The van der Waals surface area contributed by atoms with Gasteiger partial charge in [-0.1, -0.05) is 6.92 Å². The summed E-state index contributed by atoms with van der Waals surface area (Å²) in [6.07, 6.45) is 2.78. The highest BCUT2D eigenvalue weighted by Crippen LogP contribution is 2.23. The molecule has 1 rings (SSSR count). The minimum absolute atomic E-state index is 0.0788. The molecule has 0 aromatic heterocycles. The molecule has 120 valence electrons. The highest BCUT2D eigenvalue weighted by molar-refractivity contribution is 5.88. The molecule has 0 bridgehead atoms. The maximum Gasteiger partial charge on any atom is 0.329 e. The van der Waals surface area contributed by atoms with E-state index >= 15 is 0 Å². The van der Waals surface area contributed by atoms with Gasteiger partial charge in [0.2, 0.25) is 11.8 Å². The number of carbonyl (C=O) groups is 3. The topological polar surface area (TPSA) is 77.9 Å². The minimum atomic E-state index is -1.24. The highest BCUT2D eigenvalue weighted by atomic mass is 16.4. The van der Waals surface area contributed by atoms with Crippen LogP contribution in [0, 0.1) is 5.92 Å². The number of carbonyl (C=O) groups excluding carboxylic acids is 2. The van der Waals surface area contributed by atoms with E-state index in [-0.39, 0.29) is 17.7 Å². The van der Waals surface area contributed by atoms with E-state index in [1.54, 1.807) is 4.90 Å². The summed E-state index contributed by atoms with van der Waals surface area (Å²) in [7, 11) is 1.52. The number of hydrogen-bond donors (Lipinski definition) is 1. The molecule has 1 N–H and O–H groups in total. The first-order valence-electron chi connectivity index (χ1n) is 7.50. The van der Waals surface area contributed by atoms with Crippen LogP contribution in [-0.4, -0.2) is 58.4 Å². The largest absolute Gasteiger partial charge is 0.480 e. The number of aliphatic carboxylic acids is 1. The Labute approximate surface area is 126 Å². The molecule has 1 atom stereocenters. The Morgan fingerprint density at radius 3 is 2.48 bits per heavy atom. The van der Waals surface area contributed by atoms with E-state index in [2.05, 4.69) is 0 Å². The maximum absolute atomic E-state index is 12.5. The Morgan fingerprint density at radius 2 is 1.95 bits per heavy atom. The predicted octanol–water partition coefficient (Wildman–Crippen LogP) is 1.35. The normalized spacial score (nSPS) is 19.2. The summed E-state index contributed by atoms with van der Waals surface area (Å²) >= 11 is 0. The SMILES string of the molecule is CCCC(=O)N1CCCC(C(=O)N(C)C(C)(C)C(=O)O)C1. The van der Waals surface area contributed by atoms with Crippen molar-refractivity contribution < 1.29 is 19.5 Å². The second kappa shape index (κ2) is 6.91. The first-order valence-corrected chi connectivity index (χ1v) is 7.50. The lowest BCUT2D eigenvalue weighted by molar-refractivity contribution is -0.158. The molecule has 1 fully saturated rings. The molecular weight excluding hydrogens is 272 g/mol. The van der Waals surface area contributed by atoms with Gasteiger partial charge in [-0.05, 0) is 33.1 Å². The molecule has 0 aromatic rings. The third kappa shape index (κ3) is 3.95. The molecule has 1 aliphatic rings. The number of hydrogen-bond acceptors (Lipinski definition) is 3. The Bertz CT molecular complexity index is 420. The van der Waals surface area contributed by atoms with Crippen molar-refractivity contribution in [2.24, 2.45) is 5.92 Å². The second-order valence-corrected chi connectivity index (χ2v) is 6.19. The summed E-state index contributed by atoms with van der Waals surface area (Å²) in [5.74, 6) is -1.46. The lowest BCUT2D eigenvalue weighted by Gasteiger charge is -2.38. The van der Waals surface area contributed by atoms with Crippen LogP contribution < -0.4 is 0 Å². The number of amides is 2. The summed E-state index contributed by atoms with van der Waals surface area (Å²) < 4.78 is 0. The van der Waals surface area contributed by atoms with E-state index in [0.717, 1.165) is 12.8 Å². The Balaban J connectivity index is 2.74. The summed E-state index contributed by atoms with van der Waals surface area (Å²) in [6.45, 7) is 6.06. The fourth-order valence-electron chi connectivity index (χ4n) is 2.47. The van der Waals surface area contributed by atoms with Crippen molar-refractivity contribution in [3.8, 4) is 0 Å². The summed E-state index contributed by atoms with van der Waals surface area (Å²) in [4.78, 5) is 38.7. The fraction of sp³-hybridized carbons (Fsp3) is 0.800. The van der Waals surface area contributed by atoms with Crippen molar-refractivity contribution in [3.63, 3.8) is 0 Å². The zero-order chi connectivity index (χ0) is 16.2. The number of carboxylic acid groups (broad SMARTS) is 1. The van der Waals surface area contributed by atoms with Crippen molar-refractivity contribution in [1.82, 2.24) is 9.80 Å². The van der Waals surface area contributed by atoms with Crippen LogP contribution in [0.3, 0.4) is 0 Å². The number of likely N-dealkylation sites (N-methyl/N-ethyl adjacent to an activating group) is 1. The molecular formula is C15H26N2O4. The van der Waals surface area contributed by atoms with E-state index in [9.17, 15) is 19.5 Å².